The van der Waals surface area contributed by atoms with Crippen molar-refractivity contribution in [2.75, 3.05) is 17.2 Å². The molecule has 0 unspecified atom stereocenters. The van der Waals surface area contributed by atoms with E-state index >= 15 is 0 Å². The fraction of sp³-hybridized carbons (Fsp3) is 0.118. The van der Waals surface area contributed by atoms with Crippen LogP contribution in [0, 0.1) is 5.82 Å². The molecule has 0 aliphatic carbocycles. The van der Waals surface area contributed by atoms with Gasteiger partial charge in [0.15, 0.2) is 5.82 Å². The molecule has 24 heavy (non-hydrogen) atoms. The lowest BCUT2D eigenvalue weighted by Crippen LogP contribution is -2.08. The van der Waals surface area contributed by atoms with Crippen LogP contribution >= 0.6 is 11.6 Å². The van der Waals surface area contributed by atoms with Gasteiger partial charge in [-0.3, -0.25) is 0 Å². The van der Waals surface area contributed by atoms with Crippen molar-refractivity contribution in [3.05, 3.63) is 71.1 Å². The van der Waals surface area contributed by atoms with Crippen LogP contribution in [-0.4, -0.2) is 21.7 Å². The van der Waals surface area contributed by atoms with E-state index in [-0.39, 0.29) is 5.82 Å². The summed E-state index contributed by atoms with van der Waals surface area (Å²) in [5, 5.41) is 14.7. The Labute approximate surface area is 143 Å². The summed E-state index contributed by atoms with van der Waals surface area (Å²) in [7, 11) is 0. The van der Waals surface area contributed by atoms with Gasteiger partial charge >= 0.3 is 0 Å². The molecule has 0 bridgehead atoms. The smallest absolute Gasteiger partial charge is 0.249 e. The topological polar surface area (TPSA) is 62.7 Å². The Bertz CT molecular complexity index is 793. The molecule has 1 aromatic heterocycles. The maximum atomic E-state index is 12.9. The van der Waals surface area contributed by atoms with Crippen molar-refractivity contribution in [2.45, 2.75) is 6.42 Å². The minimum Gasteiger partial charge on any atom is -0.368 e. The summed E-state index contributed by atoms with van der Waals surface area (Å²) in [6.45, 7) is 0.705. The zero-order valence-corrected chi connectivity index (χ0v) is 13.5. The molecule has 0 fully saturated rings. The van der Waals surface area contributed by atoms with E-state index in [9.17, 15) is 4.39 Å². The van der Waals surface area contributed by atoms with Crippen LogP contribution in [0.25, 0.3) is 0 Å². The Balaban J connectivity index is 1.56. The maximum Gasteiger partial charge on any atom is 0.249 e. The van der Waals surface area contributed by atoms with Crippen LogP contribution in [0.5, 0.6) is 0 Å². The molecular weight excluding hydrogens is 329 g/mol. The van der Waals surface area contributed by atoms with Crippen molar-refractivity contribution in [3.63, 3.8) is 0 Å². The number of rotatable bonds is 6. The van der Waals surface area contributed by atoms with Gasteiger partial charge in [0.25, 0.3) is 0 Å². The molecule has 1 heterocycles. The quantitative estimate of drug-likeness (QED) is 0.706. The first-order chi connectivity index (χ1) is 11.7. The van der Waals surface area contributed by atoms with E-state index in [0.717, 1.165) is 11.4 Å². The first kappa shape index (κ1) is 16.1. The Morgan fingerprint density at radius 1 is 1.00 bits per heavy atom. The number of nitrogens with zero attached hydrogens (tertiary/aromatic N) is 3. The minimum absolute atomic E-state index is 0.294. The number of hydrogen-bond acceptors (Lipinski definition) is 5. The molecule has 5 nitrogen and oxygen atoms in total. The molecule has 2 N–H and O–H groups in total. The van der Waals surface area contributed by atoms with Crippen LogP contribution in [0.15, 0.2) is 54.7 Å². The Kier molecular flexibility index (Phi) is 5.18. The molecule has 3 rings (SSSR count). The Morgan fingerprint density at radius 2 is 1.75 bits per heavy atom. The Hall–Kier alpha value is -2.73. The van der Waals surface area contributed by atoms with Crippen molar-refractivity contribution >= 4 is 29.1 Å². The van der Waals surface area contributed by atoms with Crippen LogP contribution in [0.1, 0.15) is 5.56 Å². The summed E-state index contributed by atoms with van der Waals surface area (Å²) in [4.78, 5) is 4.33. The second kappa shape index (κ2) is 7.70. The lowest BCUT2D eigenvalue weighted by molar-refractivity contribution is 0.628. The summed E-state index contributed by atoms with van der Waals surface area (Å²) in [6, 6.07) is 13.7. The van der Waals surface area contributed by atoms with E-state index < -0.39 is 0 Å². The lowest BCUT2D eigenvalue weighted by Gasteiger charge is -2.08. The predicted octanol–water partition coefficient (Wildman–Crippen LogP) is 4.06. The van der Waals surface area contributed by atoms with Gasteiger partial charge in [-0.2, -0.15) is 10.1 Å². The predicted molar refractivity (Wildman–Crippen MR) is 93.2 cm³/mol. The molecule has 0 spiro atoms. The average Bonchev–Trinajstić information content (AvgIpc) is 2.59. The zero-order chi connectivity index (χ0) is 16.8. The van der Waals surface area contributed by atoms with Gasteiger partial charge in [0, 0.05) is 17.3 Å². The second-order valence-electron chi connectivity index (χ2n) is 5.10. The number of aromatic nitrogens is 3. The number of anilines is 3. The van der Waals surface area contributed by atoms with Crippen molar-refractivity contribution in [3.8, 4) is 0 Å². The number of halogens is 2. The van der Waals surface area contributed by atoms with E-state index in [1.54, 1.807) is 18.3 Å². The molecular formula is C17H15ClFN5. The van der Waals surface area contributed by atoms with Crippen molar-refractivity contribution in [1.82, 2.24) is 15.2 Å². The van der Waals surface area contributed by atoms with Gasteiger partial charge in [0.05, 0.1) is 6.20 Å². The summed E-state index contributed by atoms with van der Waals surface area (Å²) < 4.78 is 12.9. The lowest BCUT2D eigenvalue weighted by atomic mass is 10.1. The molecule has 2 aromatic carbocycles. The molecule has 0 saturated carbocycles. The van der Waals surface area contributed by atoms with Crippen LogP contribution in [-0.2, 0) is 6.42 Å². The standard InChI is InChI=1S/C17H15ClFN5/c18-13-3-1-12(2-4-13)9-10-20-16-11-21-24-17(23-16)22-15-7-5-14(19)6-8-15/h1-8,11H,9-10H2,(H2,20,22,23,24). The third kappa shape index (κ3) is 4.63. The van der Waals surface area contributed by atoms with Gasteiger partial charge in [-0.05, 0) is 48.4 Å². The van der Waals surface area contributed by atoms with Gasteiger partial charge in [-0.15, -0.1) is 5.10 Å². The number of benzene rings is 2. The molecule has 7 heteroatoms. The SMILES string of the molecule is Fc1ccc(Nc2nncc(NCCc3ccc(Cl)cc3)n2)cc1. The highest BCUT2D eigenvalue weighted by atomic mass is 35.5. The third-order valence-electron chi connectivity index (χ3n) is 3.29. The minimum atomic E-state index is -0.294. The molecule has 0 amide bonds. The molecule has 0 saturated heterocycles. The van der Waals surface area contributed by atoms with Gasteiger partial charge < -0.3 is 10.6 Å². The zero-order valence-electron chi connectivity index (χ0n) is 12.7. The van der Waals surface area contributed by atoms with E-state index in [4.69, 9.17) is 11.6 Å². The van der Waals surface area contributed by atoms with E-state index in [1.165, 1.54) is 17.7 Å². The fourth-order valence-corrected chi connectivity index (χ4v) is 2.22. The van der Waals surface area contributed by atoms with Crippen molar-refractivity contribution in [2.24, 2.45) is 0 Å². The van der Waals surface area contributed by atoms with Gasteiger partial charge in [-0.1, -0.05) is 23.7 Å². The summed E-state index contributed by atoms with van der Waals surface area (Å²) in [5.41, 5.74) is 1.87. The molecule has 0 atom stereocenters. The monoisotopic (exact) mass is 343 g/mol. The highest BCUT2D eigenvalue weighted by Crippen LogP contribution is 2.14. The number of nitrogens with one attached hydrogen (secondary N) is 2. The maximum absolute atomic E-state index is 12.9. The average molecular weight is 344 g/mol. The molecule has 0 aliphatic rings. The van der Waals surface area contributed by atoms with E-state index in [0.29, 0.717) is 24.0 Å². The first-order valence-corrected chi connectivity index (χ1v) is 7.77. The van der Waals surface area contributed by atoms with E-state index in [2.05, 4.69) is 25.8 Å². The normalized spacial score (nSPS) is 10.4. The highest BCUT2D eigenvalue weighted by Gasteiger charge is 2.02. The van der Waals surface area contributed by atoms with Crippen LogP contribution < -0.4 is 10.6 Å². The molecule has 3 aromatic rings. The largest absolute Gasteiger partial charge is 0.368 e. The first-order valence-electron chi connectivity index (χ1n) is 7.40. The Morgan fingerprint density at radius 3 is 2.50 bits per heavy atom. The van der Waals surface area contributed by atoms with Gasteiger partial charge in [0.1, 0.15) is 5.82 Å². The van der Waals surface area contributed by atoms with Crippen molar-refractivity contribution in [1.29, 1.82) is 0 Å². The summed E-state index contributed by atoms with van der Waals surface area (Å²) in [5.74, 6) is 0.666. The highest BCUT2D eigenvalue weighted by molar-refractivity contribution is 6.30. The summed E-state index contributed by atoms with van der Waals surface area (Å²) >= 11 is 5.87. The van der Waals surface area contributed by atoms with Crippen LogP contribution in [0.4, 0.5) is 21.8 Å². The molecule has 122 valence electrons. The third-order valence-corrected chi connectivity index (χ3v) is 3.54. The van der Waals surface area contributed by atoms with Crippen LogP contribution in [0.2, 0.25) is 5.02 Å². The van der Waals surface area contributed by atoms with Crippen molar-refractivity contribution < 1.29 is 4.39 Å². The van der Waals surface area contributed by atoms with E-state index in [1.807, 2.05) is 24.3 Å². The van der Waals surface area contributed by atoms with Gasteiger partial charge in [0.2, 0.25) is 5.95 Å². The number of hydrogen-bond donors (Lipinski definition) is 2. The summed E-state index contributed by atoms with van der Waals surface area (Å²) in [6.07, 6.45) is 2.39. The van der Waals surface area contributed by atoms with Gasteiger partial charge in [-0.25, -0.2) is 4.39 Å². The molecule has 0 radical (unpaired) electrons. The second-order valence-corrected chi connectivity index (χ2v) is 5.54. The molecule has 0 aliphatic heterocycles. The van der Waals surface area contributed by atoms with Crippen LogP contribution in [0.3, 0.4) is 0 Å². The fourth-order valence-electron chi connectivity index (χ4n) is 2.09.